The number of benzene rings is 2. The first-order valence-corrected chi connectivity index (χ1v) is 8.82. The van der Waals surface area contributed by atoms with Gasteiger partial charge in [-0.3, -0.25) is 19.5 Å². The average molecular weight is 408 g/mol. The van der Waals surface area contributed by atoms with Crippen molar-refractivity contribution >= 4 is 28.3 Å². The maximum atomic E-state index is 12.6. The number of aromatic amines is 1. The minimum Gasteiger partial charge on any atom is -0.496 e. The summed E-state index contributed by atoms with van der Waals surface area (Å²) in [7, 11) is 1.57. The average Bonchev–Trinajstić information content (AvgIpc) is 3.21. The van der Waals surface area contributed by atoms with E-state index in [0.717, 1.165) is 16.8 Å². The number of carboxylic acids is 1. The first-order chi connectivity index (χ1) is 14.5. The summed E-state index contributed by atoms with van der Waals surface area (Å²) in [6.45, 7) is -0.620. The van der Waals surface area contributed by atoms with Crippen LogP contribution in [0.3, 0.4) is 0 Å². The van der Waals surface area contributed by atoms with Gasteiger partial charge in [0.05, 0.1) is 7.11 Å². The zero-order valence-corrected chi connectivity index (χ0v) is 15.7. The lowest BCUT2D eigenvalue weighted by molar-refractivity contribution is -0.135. The van der Waals surface area contributed by atoms with Gasteiger partial charge in [-0.2, -0.15) is 0 Å². The second kappa shape index (κ2) is 7.59. The van der Waals surface area contributed by atoms with E-state index in [4.69, 9.17) is 14.6 Å². The number of carboxylic acid groups (broad SMARTS) is 1. The Morgan fingerprint density at radius 1 is 1.17 bits per heavy atom. The molecule has 2 aromatic heterocycles. The highest BCUT2D eigenvalue weighted by molar-refractivity contribution is 6.01. The van der Waals surface area contributed by atoms with Crippen molar-refractivity contribution in [2.24, 2.45) is 0 Å². The molecule has 3 N–H and O–H groups in total. The van der Waals surface area contributed by atoms with Crippen LogP contribution in [0.25, 0.3) is 16.4 Å². The van der Waals surface area contributed by atoms with Gasteiger partial charge in [-0.15, -0.1) is 0 Å². The smallest absolute Gasteiger partial charge is 0.322 e. The molecule has 0 aliphatic rings. The molecule has 2 heterocycles. The van der Waals surface area contributed by atoms with E-state index in [1.165, 1.54) is 10.8 Å². The number of pyridine rings is 1. The lowest BCUT2D eigenvalue weighted by Gasteiger charge is -2.12. The van der Waals surface area contributed by atoms with Crippen molar-refractivity contribution in [3.05, 3.63) is 64.6 Å². The van der Waals surface area contributed by atoms with Crippen LogP contribution in [0, 0.1) is 0 Å². The predicted octanol–water partition coefficient (Wildman–Crippen LogP) is 1.79. The number of H-pyrrole nitrogens is 1. The number of carbonyl (C=O) groups excluding carboxylic acids is 1. The van der Waals surface area contributed by atoms with E-state index in [0.29, 0.717) is 11.5 Å². The van der Waals surface area contributed by atoms with Crippen LogP contribution in [-0.4, -0.2) is 45.2 Å². The summed E-state index contributed by atoms with van der Waals surface area (Å²) < 4.78 is 12.7. The van der Waals surface area contributed by atoms with Crippen LogP contribution in [0.4, 0.5) is 0 Å². The topological polar surface area (TPSA) is 135 Å². The van der Waals surface area contributed by atoms with Gasteiger partial charge in [-0.05, 0) is 12.1 Å². The summed E-state index contributed by atoms with van der Waals surface area (Å²) >= 11 is 0. The maximum absolute atomic E-state index is 12.6. The minimum absolute atomic E-state index is 0.0122. The van der Waals surface area contributed by atoms with Gasteiger partial charge in [-0.25, -0.2) is 9.50 Å². The van der Waals surface area contributed by atoms with Crippen LogP contribution in [0.1, 0.15) is 10.4 Å². The third kappa shape index (κ3) is 3.30. The number of fused-ring (bicyclic) bond motifs is 2. The third-order valence-electron chi connectivity index (χ3n) is 4.43. The Morgan fingerprint density at radius 3 is 2.57 bits per heavy atom. The summed E-state index contributed by atoms with van der Waals surface area (Å²) in [5.41, 5.74) is -0.930. The second-order valence-electron chi connectivity index (χ2n) is 6.26. The molecule has 0 bridgehead atoms. The van der Waals surface area contributed by atoms with Crippen molar-refractivity contribution < 1.29 is 24.2 Å². The summed E-state index contributed by atoms with van der Waals surface area (Å²) in [6.07, 6.45) is 1.29. The van der Waals surface area contributed by atoms with Crippen molar-refractivity contribution in [1.29, 1.82) is 0 Å². The Kier molecular flexibility index (Phi) is 4.80. The number of methoxy groups -OCH3 is 1. The zero-order chi connectivity index (χ0) is 21.3. The largest absolute Gasteiger partial charge is 0.496 e. The molecule has 0 atom stereocenters. The Balaban J connectivity index is 1.79. The molecule has 0 saturated carbocycles. The van der Waals surface area contributed by atoms with Gasteiger partial charge in [0.2, 0.25) is 11.3 Å². The quantitative estimate of drug-likeness (QED) is 0.443. The second-order valence-corrected chi connectivity index (χ2v) is 6.26. The molecule has 0 spiro atoms. The standard InChI is InChI=1S/C20H16N4O6/c1-29-14-6-2-5-12-11(14)4-3-7-15(12)30-16-8-13(25)18(19-22-10-23-24(16)19)20(28)21-9-17(26)27/h2-8,10H,9H2,1H3,(H,21,28)(H,22,23)(H,26,27). The molecule has 0 saturated heterocycles. The van der Waals surface area contributed by atoms with Gasteiger partial charge in [0.15, 0.2) is 5.65 Å². The van der Waals surface area contributed by atoms with Crippen LogP contribution in [-0.2, 0) is 4.79 Å². The van der Waals surface area contributed by atoms with E-state index in [-0.39, 0.29) is 17.1 Å². The van der Waals surface area contributed by atoms with Gasteiger partial charge in [0.25, 0.3) is 5.91 Å². The fraction of sp³-hybridized carbons (Fsp3) is 0.100. The van der Waals surface area contributed by atoms with E-state index < -0.39 is 23.9 Å². The van der Waals surface area contributed by atoms with Crippen molar-refractivity contribution in [2.75, 3.05) is 13.7 Å². The Hall–Kier alpha value is -4.34. The number of nitrogens with zero attached hydrogens (tertiary/aromatic N) is 2. The Morgan fingerprint density at radius 2 is 1.87 bits per heavy atom. The number of hydrogen-bond donors (Lipinski definition) is 3. The maximum Gasteiger partial charge on any atom is 0.322 e. The molecule has 4 rings (SSSR count). The van der Waals surface area contributed by atoms with Crippen molar-refractivity contribution in [3.8, 4) is 17.4 Å². The normalized spacial score (nSPS) is 10.8. The van der Waals surface area contributed by atoms with E-state index in [1.54, 1.807) is 19.2 Å². The summed E-state index contributed by atoms with van der Waals surface area (Å²) in [4.78, 5) is 39.6. The van der Waals surface area contributed by atoms with Crippen LogP contribution in [0.5, 0.6) is 17.4 Å². The predicted molar refractivity (Wildman–Crippen MR) is 106 cm³/mol. The van der Waals surface area contributed by atoms with Crippen molar-refractivity contribution in [1.82, 2.24) is 19.9 Å². The first-order valence-electron chi connectivity index (χ1n) is 8.82. The molecule has 1 amide bonds. The lowest BCUT2D eigenvalue weighted by atomic mass is 10.1. The van der Waals surface area contributed by atoms with Gasteiger partial charge in [-0.1, -0.05) is 24.3 Å². The van der Waals surface area contributed by atoms with Crippen LogP contribution < -0.4 is 20.2 Å². The van der Waals surface area contributed by atoms with Gasteiger partial charge in [0, 0.05) is 16.8 Å². The minimum atomic E-state index is -1.23. The highest BCUT2D eigenvalue weighted by Gasteiger charge is 2.21. The zero-order valence-electron chi connectivity index (χ0n) is 15.7. The summed E-state index contributed by atoms with van der Waals surface area (Å²) in [6, 6.07) is 12.1. The molecule has 0 aliphatic heterocycles. The number of ether oxygens (including phenoxy) is 2. The van der Waals surface area contributed by atoms with Crippen LogP contribution in [0.2, 0.25) is 0 Å². The SMILES string of the molecule is COc1cccc2c(Oc3cc(=O)c(C(=O)NCC(=O)O)c4nc[nH]n34)cccc12. The fourth-order valence-electron chi connectivity index (χ4n) is 3.13. The Bertz CT molecular complexity index is 1340. The highest BCUT2D eigenvalue weighted by Crippen LogP contribution is 2.34. The molecule has 0 unspecified atom stereocenters. The number of nitrogens with one attached hydrogen (secondary N) is 2. The van der Waals surface area contributed by atoms with Crippen LogP contribution in [0.15, 0.2) is 53.6 Å². The van der Waals surface area contributed by atoms with E-state index >= 15 is 0 Å². The molecule has 2 aromatic carbocycles. The fourth-order valence-corrected chi connectivity index (χ4v) is 3.13. The molecule has 10 nitrogen and oxygen atoms in total. The highest BCUT2D eigenvalue weighted by atomic mass is 16.5. The third-order valence-corrected chi connectivity index (χ3v) is 4.43. The summed E-state index contributed by atoms with van der Waals surface area (Å²) in [5.74, 6) is -0.816. The van der Waals surface area contributed by atoms with E-state index in [2.05, 4.69) is 15.4 Å². The summed E-state index contributed by atoms with van der Waals surface area (Å²) in [5, 5.41) is 15.3. The first kappa shape index (κ1) is 19.0. The van der Waals surface area contributed by atoms with E-state index in [1.807, 2.05) is 24.3 Å². The number of carbonyl (C=O) groups is 2. The van der Waals surface area contributed by atoms with E-state index in [9.17, 15) is 14.4 Å². The molecule has 4 aromatic rings. The number of aromatic nitrogens is 3. The lowest BCUT2D eigenvalue weighted by Crippen LogP contribution is -2.33. The molecular weight excluding hydrogens is 392 g/mol. The van der Waals surface area contributed by atoms with Crippen LogP contribution >= 0.6 is 0 Å². The molecular formula is C20H16N4O6. The van der Waals surface area contributed by atoms with Gasteiger partial charge >= 0.3 is 5.97 Å². The van der Waals surface area contributed by atoms with Crippen molar-refractivity contribution in [2.45, 2.75) is 0 Å². The number of hydrogen-bond acceptors (Lipinski definition) is 6. The molecule has 0 fully saturated rings. The number of aliphatic carboxylic acids is 1. The molecule has 0 aliphatic carbocycles. The Labute approximate surface area is 168 Å². The number of rotatable bonds is 6. The molecule has 30 heavy (non-hydrogen) atoms. The molecule has 152 valence electrons. The van der Waals surface area contributed by atoms with Gasteiger partial charge in [0.1, 0.15) is 29.9 Å². The molecule has 10 heteroatoms. The van der Waals surface area contributed by atoms with Gasteiger partial charge < -0.3 is 19.9 Å². The van der Waals surface area contributed by atoms with Crippen molar-refractivity contribution in [3.63, 3.8) is 0 Å². The molecule has 0 radical (unpaired) electrons. The number of amides is 1. The monoisotopic (exact) mass is 408 g/mol.